The molecular weight excluding hydrogens is 310 g/mol. The molecular formula is C18H26ClN3O. The second-order valence-electron chi connectivity index (χ2n) is 6.77. The summed E-state index contributed by atoms with van der Waals surface area (Å²) in [5.41, 5.74) is 1.96. The zero-order valence-corrected chi connectivity index (χ0v) is 14.5. The number of nitrogens with zero attached hydrogens (tertiary/aromatic N) is 1. The van der Waals surface area contributed by atoms with E-state index in [-0.39, 0.29) is 11.8 Å². The van der Waals surface area contributed by atoms with Crippen LogP contribution < -0.4 is 15.5 Å². The summed E-state index contributed by atoms with van der Waals surface area (Å²) in [6.45, 7) is 5.15. The molecule has 2 atom stereocenters. The van der Waals surface area contributed by atoms with Crippen molar-refractivity contribution >= 4 is 28.9 Å². The molecule has 2 aliphatic rings. The molecule has 0 saturated carbocycles. The van der Waals surface area contributed by atoms with Gasteiger partial charge in [0, 0.05) is 30.1 Å². The number of hydrogen-bond donors (Lipinski definition) is 2. The SMILES string of the molecule is C[C@H]1C[C@@H](C(=O)Nc2cc(Cl)ccc2N2CCCCC2)CCN1. The van der Waals surface area contributed by atoms with Gasteiger partial charge in [0.15, 0.2) is 0 Å². The Morgan fingerprint density at radius 3 is 2.83 bits per heavy atom. The molecule has 0 spiro atoms. The molecule has 0 aliphatic carbocycles. The maximum atomic E-state index is 12.7. The summed E-state index contributed by atoms with van der Waals surface area (Å²) in [6.07, 6.45) is 5.50. The molecule has 2 saturated heterocycles. The highest BCUT2D eigenvalue weighted by atomic mass is 35.5. The van der Waals surface area contributed by atoms with E-state index in [0.717, 1.165) is 43.9 Å². The number of benzene rings is 1. The van der Waals surface area contributed by atoms with Gasteiger partial charge in [-0.25, -0.2) is 0 Å². The minimum Gasteiger partial charge on any atom is -0.370 e. The molecule has 4 nitrogen and oxygen atoms in total. The van der Waals surface area contributed by atoms with E-state index in [1.165, 1.54) is 19.3 Å². The fourth-order valence-electron chi connectivity index (χ4n) is 3.62. The topological polar surface area (TPSA) is 44.4 Å². The van der Waals surface area contributed by atoms with Crippen LogP contribution in [-0.2, 0) is 4.79 Å². The maximum absolute atomic E-state index is 12.7. The van der Waals surface area contributed by atoms with Crippen LogP contribution in [0.5, 0.6) is 0 Å². The van der Waals surface area contributed by atoms with Gasteiger partial charge in [0.25, 0.3) is 0 Å². The number of anilines is 2. The van der Waals surface area contributed by atoms with Gasteiger partial charge in [0.1, 0.15) is 0 Å². The van der Waals surface area contributed by atoms with Gasteiger partial charge in [-0.1, -0.05) is 11.6 Å². The second kappa shape index (κ2) is 7.54. The zero-order chi connectivity index (χ0) is 16.2. The molecule has 2 heterocycles. The lowest BCUT2D eigenvalue weighted by Crippen LogP contribution is -2.40. The molecule has 0 bridgehead atoms. The van der Waals surface area contributed by atoms with Gasteiger partial charge in [-0.2, -0.15) is 0 Å². The molecule has 23 heavy (non-hydrogen) atoms. The molecule has 0 unspecified atom stereocenters. The molecule has 5 heteroatoms. The van der Waals surface area contributed by atoms with Crippen LogP contribution in [0.2, 0.25) is 5.02 Å². The van der Waals surface area contributed by atoms with Crippen LogP contribution in [0.3, 0.4) is 0 Å². The van der Waals surface area contributed by atoms with E-state index < -0.39 is 0 Å². The van der Waals surface area contributed by atoms with E-state index in [2.05, 4.69) is 22.5 Å². The molecule has 1 aromatic carbocycles. The summed E-state index contributed by atoms with van der Waals surface area (Å²) < 4.78 is 0. The molecule has 1 aromatic rings. The highest BCUT2D eigenvalue weighted by molar-refractivity contribution is 6.31. The predicted octanol–water partition coefficient (Wildman–Crippen LogP) is 3.66. The lowest BCUT2D eigenvalue weighted by atomic mass is 9.92. The first-order valence-corrected chi connectivity index (χ1v) is 9.10. The Morgan fingerprint density at radius 2 is 2.09 bits per heavy atom. The number of piperidine rings is 2. The van der Waals surface area contributed by atoms with E-state index in [4.69, 9.17) is 11.6 Å². The number of hydrogen-bond acceptors (Lipinski definition) is 3. The lowest BCUT2D eigenvalue weighted by molar-refractivity contribution is -0.120. The van der Waals surface area contributed by atoms with E-state index in [1.807, 2.05) is 18.2 Å². The molecule has 126 valence electrons. The van der Waals surface area contributed by atoms with Crippen LogP contribution in [0.25, 0.3) is 0 Å². The summed E-state index contributed by atoms with van der Waals surface area (Å²) in [5.74, 6) is 0.207. The highest BCUT2D eigenvalue weighted by Gasteiger charge is 2.26. The summed E-state index contributed by atoms with van der Waals surface area (Å²) in [7, 11) is 0. The Balaban J connectivity index is 1.75. The van der Waals surface area contributed by atoms with Crippen molar-refractivity contribution in [1.82, 2.24) is 5.32 Å². The summed E-state index contributed by atoms with van der Waals surface area (Å²) >= 11 is 6.17. The van der Waals surface area contributed by atoms with Gasteiger partial charge in [0.05, 0.1) is 11.4 Å². The number of halogens is 1. The van der Waals surface area contributed by atoms with Crippen molar-refractivity contribution < 1.29 is 4.79 Å². The molecule has 2 fully saturated rings. The minimum absolute atomic E-state index is 0.0828. The first-order chi connectivity index (χ1) is 11.1. The summed E-state index contributed by atoms with van der Waals surface area (Å²) in [4.78, 5) is 15.0. The van der Waals surface area contributed by atoms with Gasteiger partial charge in [-0.3, -0.25) is 4.79 Å². The van der Waals surface area contributed by atoms with Crippen molar-refractivity contribution in [2.75, 3.05) is 29.9 Å². The second-order valence-corrected chi connectivity index (χ2v) is 7.21. The van der Waals surface area contributed by atoms with Crippen LogP contribution in [0.4, 0.5) is 11.4 Å². The van der Waals surface area contributed by atoms with E-state index in [0.29, 0.717) is 11.1 Å². The smallest absolute Gasteiger partial charge is 0.227 e. The fraction of sp³-hybridized carbons (Fsp3) is 0.611. The molecule has 0 radical (unpaired) electrons. The number of rotatable bonds is 3. The van der Waals surface area contributed by atoms with Crippen LogP contribution in [0.15, 0.2) is 18.2 Å². The van der Waals surface area contributed by atoms with Crippen molar-refractivity contribution in [3.63, 3.8) is 0 Å². The fourth-order valence-corrected chi connectivity index (χ4v) is 3.80. The van der Waals surface area contributed by atoms with Crippen molar-refractivity contribution in [2.45, 2.75) is 45.1 Å². The average molecular weight is 336 g/mol. The third-order valence-corrected chi connectivity index (χ3v) is 5.14. The monoisotopic (exact) mass is 335 g/mol. The molecule has 0 aromatic heterocycles. The van der Waals surface area contributed by atoms with Crippen molar-refractivity contribution in [1.29, 1.82) is 0 Å². The van der Waals surface area contributed by atoms with E-state index >= 15 is 0 Å². The summed E-state index contributed by atoms with van der Waals surface area (Å²) in [6, 6.07) is 6.23. The Hall–Kier alpha value is -1.26. The van der Waals surface area contributed by atoms with Crippen molar-refractivity contribution in [3.8, 4) is 0 Å². The predicted molar refractivity (Wildman–Crippen MR) is 96.3 cm³/mol. The Morgan fingerprint density at radius 1 is 1.30 bits per heavy atom. The average Bonchev–Trinajstić information content (AvgIpc) is 2.56. The van der Waals surface area contributed by atoms with Gasteiger partial charge in [-0.05, 0) is 63.8 Å². The van der Waals surface area contributed by atoms with E-state index in [1.54, 1.807) is 0 Å². The molecule has 2 aliphatic heterocycles. The number of carbonyl (C=O) groups excluding carboxylic acids is 1. The van der Waals surface area contributed by atoms with Gasteiger partial charge in [0.2, 0.25) is 5.91 Å². The van der Waals surface area contributed by atoms with Crippen molar-refractivity contribution in [3.05, 3.63) is 23.2 Å². The van der Waals surface area contributed by atoms with Gasteiger partial charge in [-0.15, -0.1) is 0 Å². The number of nitrogens with one attached hydrogen (secondary N) is 2. The Kier molecular flexibility index (Phi) is 5.44. The lowest BCUT2D eigenvalue weighted by Gasteiger charge is -2.31. The molecule has 3 rings (SSSR count). The normalized spacial score (nSPS) is 25.2. The number of carbonyl (C=O) groups is 1. The molecule has 1 amide bonds. The standard InChI is InChI=1S/C18H26ClN3O/c1-13-11-14(7-8-20-13)18(23)21-16-12-15(19)5-6-17(16)22-9-3-2-4-10-22/h5-6,12-14,20H,2-4,7-11H2,1H3,(H,21,23)/t13-,14-/m0/s1. The maximum Gasteiger partial charge on any atom is 0.227 e. The third-order valence-electron chi connectivity index (χ3n) is 4.91. The van der Waals surface area contributed by atoms with Crippen LogP contribution in [-0.4, -0.2) is 31.6 Å². The third kappa shape index (κ3) is 4.18. The first-order valence-electron chi connectivity index (χ1n) is 8.72. The van der Waals surface area contributed by atoms with Crippen LogP contribution >= 0.6 is 11.6 Å². The van der Waals surface area contributed by atoms with Gasteiger partial charge >= 0.3 is 0 Å². The minimum atomic E-state index is 0.0828. The quantitative estimate of drug-likeness (QED) is 0.886. The Bertz CT molecular complexity index is 557. The highest BCUT2D eigenvalue weighted by Crippen LogP contribution is 2.32. The first kappa shape index (κ1) is 16.6. The number of amides is 1. The largest absolute Gasteiger partial charge is 0.370 e. The van der Waals surface area contributed by atoms with Crippen LogP contribution in [0, 0.1) is 5.92 Å². The van der Waals surface area contributed by atoms with E-state index in [9.17, 15) is 4.79 Å². The van der Waals surface area contributed by atoms with Crippen molar-refractivity contribution in [2.24, 2.45) is 5.92 Å². The zero-order valence-electron chi connectivity index (χ0n) is 13.8. The van der Waals surface area contributed by atoms with Crippen LogP contribution in [0.1, 0.15) is 39.0 Å². The molecule has 2 N–H and O–H groups in total. The summed E-state index contributed by atoms with van der Waals surface area (Å²) in [5, 5.41) is 7.21. The Labute approximate surface area is 143 Å². The van der Waals surface area contributed by atoms with Gasteiger partial charge < -0.3 is 15.5 Å².